The van der Waals surface area contributed by atoms with Gasteiger partial charge in [-0.05, 0) is 99.0 Å². The first-order chi connectivity index (χ1) is 36.2. The first-order valence-corrected chi connectivity index (χ1v) is 28.1. The number of benzene rings is 11. The lowest BCUT2D eigenvalue weighted by Crippen LogP contribution is -2.61. The molecule has 0 saturated carbocycles. The number of hydrogen-bond donors (Lipinski definition) is 0. The van der Waals surface area contributed by atoms with E-state index >= 15 is 0 Å². The van der Waals surface area contributed by atoms with E-state index in [9.17, 15) is 0 Å². The molecule has 0 fully saturated rings. The average Bonchev–Trinajstić information content (AvgIpc) is 4.22. The highest BCUT2D eigenvalue weighted by Crippen LogP contribution is 2.55. The number of fused-ring (bicyclic) bond motifs is 16. The van der Waals surface area contributed by atoms with Crippen molar-refractivity contribution in [3.63, 3.8) is 0 Å². The third kappa shape index (κ3) is 5.68. The SMILES string of the molecule is c1ccc(-c2ccc3sc4ccccc4c3c2N2c3cc4sc5ccccc5c4cc3B3c4cc5c(cc4N(c4c(-c6ccccc6)ccc6sc7ccccc7c46)c4cccc2c43)sc2ccccc25)cc1. The summed E-state index contributed by atoms with van der Waals surface area (Å²) < 4.78 is 10.4. The van der Waals surface area contributed by atoms with Gasteiger partial charge in [0.05, 0.1) is 11.4 Å². The van der Waals surface area contributed by atoms with Crippen molar-refractivity contribution in [1.29, 1.82) is 0 Å². The van der Waals surface area contributed by atoms with Gasteiger partial charge in [0.2, 0.25) is 0 Å². The molecule has 4 aromatic heterocycles. The Morgan fingerprint density at radius 3 is 1.11 bits per heavy atom. The van der Waals surface area contributed by atoms with Crippen LogP contribution in [0.25, 0.3) is 103 Å². The van der Waals surface area contributed by atoms with Crippen molar-refractivity contribution in [2.24, 2.45) is 0 Å². The molecular weight excluding hydrogens is 960 g/mol. The molecule has 0 spiro atoms. The summed E-state index contributed by atoms with van der Waals surface area (Å²) >= 11 is 7.60. The highest BCUT2D eigenvalue weighted by atomic mass is 32.1. The van der Waals surface area contributed by atoms with Crippen LogP contribution in [0.4, 0.5) is 34.1 Å². The molecule has 0 saturated heterocycles. The number of rotatable bonds is 4. The lowest BCUT2D eigenvalue weighted by atomic mass is 9.33. The van der Waals surface area contributed by atoms with Gasteiger partial charge < -0.3 is 9.80 Å². The molecule has 15 aromatic rings. The molecule has 0 radical (unpaired) electrons. The van der Waals surface area contributed by atoms with Gasteiger partial charge in [0.15, 0.2) is 0 Å². The van der Waals surface area contributed by atoms with Crippen molar-refractivity contribution in [3.05, 3.63) is 224 Å². The van der Waals surface area contributed by atoms with Gasteiger partial charge in [-0.1, -0.05) is 164 Å². The first-order valence-electron chi connectivity index (χ1n) is 24.8. The predicted molar refractivity (Wildman–Crippen MR) is 323 cm³/mol. The van der Waals surface area contributed by atoms with Crippen LogP contribution in [0.2, 0.25) is 0 Å². The molecule has 0 amide bonds. The summed E-state index contributed by atoms with van der Waals surface area (Å²) in [5.41, 5.74) is 16.2. The van der Waals surface area contributed by atoms with E-state index in [1.807, 2.05) is 45.3 Å². The van der Waals surface area contributed by atoms with Gasteiger partial charge in [0, 0.05) is 104 Å². The van der Waals surface area contributed by atoms with Crippen LogP contribution in [0.15, 0.2) is 224 Å². The predicted octanol–water partition coefficient (Wildman–Crippen LogP) is 18.6. The normalized spacial score (nSPS) is 13.1. The topological polar surface area (TPSA) is 6.48 Å². The van der Waals surface area contributed by atoms with Crippen molar-refractivity contribution < 1.29 is 0 Å². The summed E-state index contributed by atoms with van der Waals surface area (Å²) in [4.78, 5) is 5.39. The standard InChI is InChI=1S/C66H37BN2S4/c1-3-16-38(17-4-1)40-30-32-58-62(44-22-9-13-28-56(44)70-58)65(40)68-50-24-15-25-51-64(50)67(48-34-46-42-20-7-11-26-54(42)72-60(46)36-52(48)68)49-35-47-43-21-8-12-27-55(43)73-61(47)37-53(49)69(51)66-41(39-18-5-2-6-19-39)31-33-59-63(66)45-23-10-14-29-57(45)71-59/h1-37H. The van der Waals surface area contributed by atoms with E-state index in [1.165, 1.54) is 153 Å². The highest BCUT2D eigenvalue weighted by Gasteiger charge is 2.45. The molecular formula is C66H37BN2S4. The van der Waals surface area contributed by atoms with Crippen molar-refractivity contribution in [3.8, 4) is 22.3 Å². The molecule has 2 aliphatic heterocycles. The zero-order chi connectivity index (χ0) is 47.5. The number of thiophene rings is 4. The third-order valence-corrected chi connectivity index (χ3v) is 20.2. The van der Waals surface area contributed by atoms with Crippen molar-refractivity contribution in [2.45, 2.75) is 0 Å². The summed E-state index contributed by atoms with van der Waals surface area (Å²) in [7, 11) is 0. The molecule has 338 valence electrons. The molecule has 0 N–H and O–H groups in total. The van der Waals surface area contributed by atoms with Crippen LogP contribution in [0.3, 0.4) is 0 Å². The molecule has 73 heavy (non-hydrogen) atoms. The van der Waals surface area contributed by atoms with Gasteiger partial charge in [0.1, 0.15) is 0 Å². The fourth-order valence-electron chi connectivity index (χ4n) is 12.6. The summed E-state index contributed by atoms with van der Waals surface area (Å²) in [5, 5.41) is 10.4. The van der Waals surface area contributed by atoms with Gasteiger partial charge in [-0.3, -0.25) is 0 Å². The fraction of sp³-hybridized carbons (Fsp3) is 0. The van der Waals surface area contributed by atoms with Crippen LogP contribution in [-0.4, -0.2) is 6.71 Å². The molecule has 0 atom stereocenters. The molecule has 2 aliphatic rings. The van der Waals surface area contributed by atoms with Gasteiger partial charge in [-0.2, -0.15) is 0 Å². The lowest BCUT2D eigenvalue weighted by Gasteiger charge is -2.45. The zero-order valence-corrected chi connectivity index (χ0v) is 42.2. The molecule has 0 aliphatic carbocycles. The van der Waals surface area contributed by atoms with Crippen LogP contribution in [0.1, 0.15) is 0 Å². The largest absolute Gasteiger partial charge is 0.310 e. The number of nitrogens with zero attached hydrogens (tertiary/aromatic N) is 2. The fourth-order valence-corrected chi connectivity index (χ4v) is 17.1. The minimum Gasteiger partial charge on any atom is -0.310 e. The summed E-state index contributed by atoms with van der Waals surface area (Å²) in [6, 6.07) is 85.1. The maximum Gasteiger partial charge on any atom is 0.252 e. The Morgan fingerprint density at radius 2 is 0.658 bits per heavy atom. The maximum atomic E-state index is 2.69. The molecule has 11 aromatic carbocycles. The van der Waals surface area contributed by atoms with Crippen LogP contribution in [-0.2, 0) is 0 Å². The molecule has 6 heterocycles. The molecule has 17 rings (SSSR count). The average molecular weight is 997 g/mol. The first kappa shape index (κ1) is 40.5. The van der Waals surface area contributed by atoms with E-state index in [1.54, 1.807) is 0 Å². The number of anilines is 6. The summed E-state index contributed by atoms with van der Waals surface area (Å²) in [6.45, 7) is -0.0768. The Morgan fingerprint density at radius 1 is 0.274 bits per heavy atom. The molecule has 2 nitrogen and oxygen atoms in total. The van der Waals surface area contributed by atoms with E-state index in [4.69, 9.17) is 0 Å². The second kappa shape index (κ2) is 15.2. The van der Waals surface area contributed by atoms with Gasteiger partial charge in [0.25, 0.3) is 6.71 Å². The molecule has 0 bridgehead atoms. The van der Waals surface area contributed by atoms with Crippen LogP contribution in [0.5, 0.6) is 0 Å². The summed E-state index contributed by atoms with van der Waals surface area (Å²) in [5.74, 6) is 0. The Balaban J connectivity index is 1.07. The van der Waals surface area contributed by atoms with E-state index in [2.05, 4.69) is 234 Å². The molecule has 7 heteroatoms. The van der Waals surface area contributed by atoms with Gasteiger partial charge >= 0.3 is 0 Å². The Hall–Kier alpha value is -8.04. The van der Waals surface area contributed by atoms with Gasteiger partial charge in [-0.15, -0.1) is 45.3 Å². The van der Waals surface area contributed by atoms with Crippen LogP contribution >= 0.6 is 45.3 Å². The smallest absolute Gasteiger partial charge is 0.252 e. The van der Waals surface area contributed by atoms with E-state index < -0.39 is 0 Å². The second-order valence-corrected chi connectivity index (χ2v) is 23.8. The van der Waals surface area contributed by atoms with E-state index in [0.29, 0.717) is 0 Å². The third-order valence-electron chi connectivity index (χ3n) is 15.6. The van der Waals surface area contributed by atoms with E-state index in [0.717, 1.165) is 0 Å². The quantitative estimate of drug-likeness (QED) is 0.162. The second-order valence-electron chi connectivity index (χ2n) is 19.4. The van der Waals surface area contributed by atoms with E-state index in [-0.39, 0.29) is 6.71 Å². The minimum absolute atomic E-state index is 0.0768. The summed E-state index contributed by atoms with van der Waals surface area (Å²) in [6.07, 6.45) is 0. The Labute approximate surface area is 436 Å². The van der Waals surface area contributed by atoms with Crippen LogP contribution in [0, 0.1) is 0 Å². The zero-order valence-electron chi connectivity index (χ0n) is 39.0. The Kier molecular flexibility index (Phi) is 8.47. The van der Waals surface area contributed by atoms with Crippen molar-refractivity contribution in [1.82, 2.24) is 0 Å². The minimum atomic E-state index is -0.0768. The van der Waals surface area contributed by atoms with Crippen LogP contribution < -0.4 is 26.2 Å². The number of hydrogen-bond acceptors (Lipinski definition) is 6. The van der Waals surface area contributed by atoms with Crippen molar-refractivity contribution >= 4 is 183 Å². The lowest BCUT2D eigenvalue weighted by molar-refractivity contribution is 1.27. The Bertz CT molecular complexity index is 4530. The molecule has 0 unspecified atom stereocenters. The van der Waals surface area contributed by atoms with Crippen molar-refractivity contribution in [2.75, 3.05) is 9.80 Å². The van der Waals surface area contributed by atoms with Gasteiger partial charge in [-0.25, -0.2) is 0 Å². The maximum absolute atomic E-state index is 2.69. The highest BCUT2D eigenvalue weighted by molar-refractivity contribution is 7.27. The monoisotopic (exact) mass is 996 g/mol.